The lowest BCUT2D eigenvalue weighted by molar-refractivity contribution is 0.0599. The molecule has 2 aromatic carbocycles. The van der Waals surface area contributed by atoms with Gasteiger partial charge in [-0.2, -0.15) is 5.26 Å². The summed E-state index contributed by atoms with van der Waals surface area (Å²) in [5, 5.41) is 10.5. The van der Waals surface area contributed by atoms with E-state index in [1.54, 1.807) is 18.2 Å². The Hall–Kier alpha value is -2.06. The van der Waals surface area contributed by atoms with Crippen LogP contribution in [0.15, 0.2) is 36.4 Å². The fraction of sp³-hybridized carbons (Fsp3) is 0.263. The molecule has 3 aromatic rings. The second-order valence-electron chi connectivity index (χ2n) is 6.02. The molecule has 0 saturated carbocycles. The second-order valence-corrected chi connectivity index (χ2v) is 6.87. The highest BCUT2D eigenvalue weighted by molar-refractivity contribution is 6.33. The summed E-state index contributed by atoms with van der Waals surface area (Å²) >= 11 is 12.4. The third-order valence-electron chi connectivity index (χ3n) is 3.84. The predicted octanol–water partition coefficient (Wildman–Crippen LogP) is 5.19. The summed E-state index contributed by atoms with van der Waals surface area (Å²) in [6.07, 6.45) is 0.0951. The number of imidazole rings is 1. The van der Waals surface area contributed by atoms with Gasteiger partial charge in [-0.15, -0.1) is 0 Å². The predicted molar refractivity (Wildman–Crippen MR) is 99.9 cm³/mol. The summed E-state index contributed by atoms with van der Waals surface area (Å²) in [5.41, 5.74) is 3.17. The third kappa shape index (κ3) is 3.96. The summed E-state index contributed by atoms with van der Waals surface area (Å²) in [4.78, 5) is 4.66. The Bertz CT molecular complexity index is 957. The molecule has 0 amide bonds. The Balaban J connectivity index is 2.10. The SMILES string of the molecule is CC(C)OCc1nc2ccc(C#N)cc2n1Cc1cc(Cl)ccc1Cl. The van der Waals surface area contributed by atoms with Crippen molar-refractivity contribution < 1.29 is 4.74 Å². The Labute approximate surface area is 156 Å². The quantitative estimate of drug-likeness (QED) is 0.618. The maximum Gasteiger partial charge on any atom is 0.136 e. The number of halogens is 2. The molecule has 4 nitrogen and oxygen atoms in total. The Kier molecular flexibility index (Phi) is 5.29. The van der Waals surface area contributed by atoms with Crippen molar-refractivity contribution in [3.63, 3.8) is 0 Å². The molecule has 0 N–H and O–H groups in total. The zero-order chi connectivity index (χ0) is 18.0. The van der Waals surface area contributed by atoms with Crippen LogP contribution in [0.5, 0.6) is 0 Å². The number of hydrogen-bond acceptors (Lipinski definition) is 3. The molecule has 0 bridgehead atoms. The molecular weight excluding hydrogens is 357 g/mol. The maximum atomic E-state index is 9.20. The summed E-state index contributed by atoms with van der Waals surface area (Å²) in [6, 6.07) is 13.0. The lowest BCUT2D eigenvalue weighted by Gasteiger charge is -2.13. The average molecular weight is 374 g/mol. The van der Waals surface area contributed by atoms with Gasteiger partial charge >= 0.3 is 0 Å². The van der Waals surface area contributed by atoms with E-state index in [1.807, 2.05) is 36.6 Å². The number of rotatable bonds is 5. The van der Waals surface area contributed by atoms with Gasteiger partial charge in [0.2, 0.25) is 0 Å². The van der Waals surface area contributed by atoms with E-state index in [2.05, 4.69) is 11.1 Å². The highest BCUT2D eigenvalue weighted by Gasteiger charge is 2.14. The number of nitriles is 1. The third-order valence-corrected chi connectivity index (χ3v) is 4.44. The van der Waals surface area contributed by atoms with E-state index in [0.29, 0.717) is 28.8 Å². The second kappa shape index (κ2) is 7.45. The highest BCUT2D eigenvalue weighted by atomic mass is 35.5. The molecule has 0 aliphatic carbocycles. The Morgan fingerprint density at radius 3 is 2.72 bits per heavy atom. The van der Waals surface area contributed by atoms with Gasteiger partial charge in [0.15, 0.2) is 0 Å². The minimum Gasteiger partial charge on any atom is -0.371 e. The molecule has 0 aliphatic rings. The number of ether oxygens (including phenoxy) is 1. The van der Waals surface area contributed by atoms with Crippen molar-refractivity contribution in [3.05, 3.63) is 63.4 Å². The van der Waals surface area contributed by atoms with Crippen LogP contribution in [0.4, 0.5) is 0 Å². The molecule has 1 heterocycles. The molecule has 0 unspecified atom stereocenters. The Morgan fingerprint density at radius 2 is 2.00 bits per heavy atom. The first-order chi connectivity index (χ1) is 12.0. The lowest BCUT2D eigenvalue weighted by atomic mass is 10.2. The first-order valence-corrected chi connectivity index (χ1v) is 8.68. The maximum absolute atomic E-state index is 9.20. The van der Waals surface area contributed by atoms with E-state index in [1.165, 1.54) is 0 Å². The zero-order valence-electron chi connectivity index (χ0n) is 14.0. The standard InChI is InChI=1S/C19H17Cl2N3O/c1-12(2)25-11-19-23-17-6-3-13(9-22)7-18(17)24(19)10-14-8-15(20)4-5-16(14)21/h3-8,12H,10-11H2,1-2H3. The van der Waals surface area contributed by atoms with E-state index in [0.717, 1.165) is 22.4 Å². The minimum absolute atomic E-state index is 0.0951. The number of hydrogen-bond donors (Lipinski definition) is 0. The molecule has 0 saturated heterocycles. The zero-order valence-corrected chi connectivity index (χ0v) is 15.5. The molecule has 0 atom stereocenters. The molecule has 3 rings (SSSR count). The molecule has 25 heavy (non-hydrogen) atoms. The van der Waals surface area contributed by atoms with Crippen LogP contribution >= 0.6 is 23.2 Å². The van der Waals surface area contributed by atoms with Crippen LogP contribution in [0.25, 0.3) is 11.0 Å². The van der Waals surface area contributed by atoms with E-state index in [9.17, 15) is 5.26 Å². The highest BCUT2D eigenvalue weighted by Crippen LogP contribution is 2.25. The molecular formula is C19H17Cl2N3O. The van der Waals surface area contributed by atoms with Crippen LogP contribution in [-0.4, -0.2) is 15.7 Å². The van der Waals surface area contributed by atoms with E-state index in [4.69, 9.17) is 27.9 Å². The number of fused-ring (bicyclic) bond motifs is 1. The molecule has 128 valence electrons. The van der Waals surface area contributed by atoms with Crippen molar-refractivity contribution >= 4 is 34.2 Å². The van der Waals surface area contributed by atoms with E-state index < -0.39 is 0 Å². The van der Waals surface area contributed by atoms with Crippen molar-refractivity contribution in [3.8, 4) is 6.07 Å². The molecule has 0 fully saturated rings. The van der Waals surface area contributed by atoms with Gasteiger partial charge in [0.05, 0.1) is 35.3 Å². The van der Waals surface area contributed by atoms with Gasteiger partial charge in [0.25, 0.3) is 0 Å². The van der Waals surface area contributed by atoms with Crippen molar-refractivity contribution in [1.29, 1.82) is 5.26 Å². The van der Waals surface area contributed by atoms with Crippen molar-refractivity contribution in [2.75, 3.05) is 0 Å². The Morgan fingerprint density at radius 1 is 1.20 bits per heavy atom. The largest absolute Gasteiger partial charge is 0.371 e. The molecule has 0 aliphatic heterocycles. The van der Waals surface area contributed by atoms with Gasteiger partial charge in [-0.05, 0) is 55.8 Å². The topological polar surface area (TPSA) is 50.8 Å². The smallest absolute Gasteiger partial charge is 0.136 e. The molecule has 6 heteroatoms. The van der Waals surface area contributed by atoms with Gasteiger partial charge in [0, 0.05) is 10.0 Å². The van der Waals surface area contributed by atoms with Crippen molar-refractivity contribution in [2.45, 2.75) is 33.1 Å². The normalized spacial score (nSPS) is 11.2. The van der Waals surface area contributed by atoms with Crippen molar-refractivity contribution in [2.24, 2.45) is 0 Å². The number of benzene rings is 2. The van der Waals surface area contributed by atoms with Crippen LogP contribution in [0, 0.1) is 11.3 Å². The number of aromatic nitrogens is 2. The molecule has 0 radical (unpaired) electrons. The monoisotopic (exact) mass is 373 g/mol. The van der Waals surface area contributed by atoms with E-state index in [-0.39, 0.29) is 6.10 Å². The van der Waals surface area contributed by atoms with Crippen LogP contribution in [0.3, 0.4) is 0 Å². The van der Waals surface area contributed by atoms with Crippen LogP contribution in [-0.2, 0) is 17.9 Å². The average Bonchev–Trinajstić information content (AvgIpc) is 2.93. The summed E-state index contributed by atoms with van der Waals surface area (Å²) in [6.45, 7) is 4.84. The van der Waals surface area contributed by atoms with E-state index >= 15 is 0 Å². The first-order valence-electron chi connectivity index (χ1n) is 7.92. The lowest BCUT2D eigenvalue weighted by Crippen LogP contribution is -2.10. The van der Waals surface area contributed by atoms with Crippen LogP contribution in [0.1, 0.15) is 30.8 Å². The minimum atomic E-state index is 0.0951. The fourth-order valence-corrected chi connectivity index (χ4v) is 2.98. The summed E-state index contributed by atoms with van der Waals surface area (Å²) < 4.78 is 7.76. The summed E-state index contributed by atoms with van der Waals surface area (Å²) in [5.74, 6) is 0.787. The van der Waals surface area contributed by atoms with Crippen LogP contribution in [0.2, 0.25) is 10.0 Å². The summed E-state index contributed by atoms with van der Waals surface area (Å²) in [7, 11) is 0. The van der Waals surface area contributed by atoms with Gasteiger partial charge in [-0.1, -0.05) is 23.2 Å². The fourth-order valence-electron chi connectivity index (χ4n) is 2.60. The van der Waals surface area contributed by atoms with Crippen molar-refractivity contribution in [1.82, 2.24) is 9.55 Å². The van der Waals surface area contributed by atoms with Crippen LogP contribution < -0.4 is 0 Å². The van der Waals surface area contributed by atoms with Gasteiger partial charge in [-0.25, -0.2) is 4.98 Å². The number of nitrogens with zero attached hydrogens (tertiary/aromatic N) is 3. The first kappa shape index (κ1) is 17.8. The van der Waals surface area contributed by atoms with Gasteiger partial charge in [-0.3, -0.25) is 0 Å². The molecule has 1 aromatic heterocycles. The van der Waals surface area contributed by atoms with Gasteiger partial charge in [0.1, 0.15) is 12.4 Å². The molecule has 0 spiro atoms. The van der Waals surface area contributed by atoms with Gasteiger partial charge < -0.3 is 9.30 Å².